The zero-order valence-corrected chi connectivity index (χ0v) is 21.1. The van der Waals surface area contributed by atoms with Crippen LogP contribution in [0, 0.1) is 39.9 Å². The lowest BCUT2D eigenvalue weighted by molar-refractivity contribution is -0.0905. The average molecular weight is 425 g/mol. The summed E-state index contributed by atoms with van der Waals surface area (Å²) in [4.78, 5) is 0. The van der Waals surface area contributed by atoms with Gasteiger partial charge < -0.3 is 5.11 Å². The zero-order chi connectivity index (χ0) is 22.0. The number of hydrogen-bond acceptors (Lipinski definition) is 1. The SMILES string of the molecule is C[C@H](CC1CCCCC1)[C@H]1CC=C2C3=C(CC[C@@]21C)[C@@]1(C)CCC(O)C(C)(C)[C@@H]1CC3. The molecule has 0 aromatic rings. The first kappa shape index (κ1) is 22.2. The maximum absolute atomic E-state index is 10.8. The average Bonchev–Trinajstić information content (AvgIpc) is 3.09. The van der Waals surface area contributed by atoms with E-state index >= 15 is 0 Å². The van der Waals surface area contributed by atoms with Crippen LogP contribution >= 0.6 is 0 Å². The van der Waals surface area contributed by atoms with Crippen LogP contribution in [0.1, 0.15) is 118 Å². The molecule has 2 saturated carbocycles. The van der Waals surface area contributed by atoms with Gasteiger partial charge in [-0.05, 0) is 102 Å². The van der Waals surface area contributed by atoms with Crippen molar-refractivity contribution in [2.75, 3.05) is 0 Å². The molecule has 1 N–H and O–H groups in total. The second kappa shape index (κ2) is 7.75. The summed E-state index contributed by atoms with van der Waals surface area (Å²) in [6, 6.07) is 0. The highest BCUT2D eigenvalue weighted by Crippen LogP contribution is 2.66. The van der Waals surface area contributed by atoms with Crippen molar-refractivity contribution < 1.29 is 5.11 Å². The fraction of sp³-hybridized carbons (Fsp3) is 0.867. The van der Waals surface area contributed by atoms with Crippen LogP contribution in [0.15, 0.2) is 22.8 Å². The summed E-state index contributed by atoms with van der Waals surface area (Å²) >= 11 is 0. The molecule has 5 aliphatic rings. The second-order valence-electron chi connectivity index (χ2n) is 13.4. The van der Waals surface area contributed by atoms with E-state index in [0.717, 1.165) is 24.2 Å². The lowest BCUT2D eigenvalue weighted by Crippen LogP contribution is -2.53. The molecule has 0 heterocycles. The molecule has 0 bridgehead atoms. The monoisotopic (exact) mass is 424 g/mol. The van der Waals surface area contributed by atoms with Gasteiger partial charge in [-0.3, -0.25) is 0 Å². The maximum Gasteiger partial charge on any atom is 0.0594 e. The van der Waals surface area contributed by atoms with Crippen LogP contribution in [0.3, 0.4) is 0 Å². The third kappa shape index (κ3) is 3.34. The number of allylic oxidation sites excluding steroid dienone is 4. The molecule has 0 radical (unpaired) electrons. The molecule has 1 unspecified atom stereocenters. The number of rotatable bonds is 3. The predicted molar refractivity (Wildman–Crippen MR) is 131 cm³/mol. The lowest BCUT2D eigenvalue weighted by Gasteiger charge is -2.59. The summed E-state index contributed by atoms with van der Waals surface area (Å²) in [7, 11) is 0. The first-order valence-corrected chi connectivity index (χ1v) is 13.8. The van der Waals surface area contributed by atoms with Crippen molar-refractivity contribution in [1.82, 2.24) is 0 Å². The Kier molecular flexibility index (Phi) is 5.56. The molecule has 0 saturated heterocycles. The Balaban J connectivity index is 1.40. The zero-order valence-electron chi connectivity index (χ0n) is 21.1. The highest BCUT2D eigenvalue weighted by atomic mass is 16.3. The molecule has 0 aromatic carbocycles. The molecular formula is C30H48O. The number of hydrogen-bond donors (Lipinski definition) is 1. The summed E-state index contributed by atoms with van der Waals surface area (Å²) in [6.07, 6.45) is 20.1. The van der Waals surface area contributed by atoms with E-state index in [1.54, 1.807) is 11.1 Å². The molecular weight excluding hydrogens is 376 g/mol. The lowest BCUT2D eigenvalue weighted by atomic mass is 9.46. The Hall–Kier alpha value is -0.560. The van der Waals surface area contributed by atoms with Crippen LogP contribution in [0.25, 0.3) is 0 Å². The van der Waals surface area contributed by atoms with Crippen molar-refractivity contribution in [3.05, 3.63) is 22.8 Å². The van der Waals surface area contributed by atoms with Gasteiger partial charge in [-0.15, -0.1) is 0 Å². The molecule has 0 aliphatic heterocycles. The van der Waals surface area contributed by atoms with Gasteiger partial charge in [0.25, 0.3) is 0 Å². The van der Waals surface area contributed by atoms with Crippen molar-refractivity contribution in [3.63, 3.8) is 0 Å². The van der Waals surface area contributed by atoms with Gasteiger partial charge in [-0.1, -0.05) is 78.4 Å². The normalized spacial score (nSPS) is 43.7. The summed E-state index contributed by atoms with van der Waals surface area (Å²) < 4.78 is 0. The van der Waals surface area contributed by atoms with Crippen molar-refractivity contribution in [2.45, 2.75) is 124 Å². The van der Waals surface area contributed by atoms with Gasteiger partial charge in [0.1, 0.15) is 0 Å². The van der Waals surface area contributed by atoms with Gasteiger partial charge in [-0.2, -0.15) is 0 Å². The minimum Gasteiger partial charge on any atom is -0.393 e. The van der Waals surface area contributed by atoms with E-state index in [1.165, 1.54) is 77.0 Å². The number of aliphatic hydroxyl groups is 1. The van der Waals surface area contributed by atoms with Gasteiger partial charge in [0.2, 0.25) is 0 Å². The Bertz CT molecular complexity index is 765. The molecule has 0 spiro atoms. The Morgan fingerprint density at radius 2 is 1.68 bits per heavy atom. The summed E-state index contributed by atoms with van der Waals surface area (Å²) in [5, 5.41) is 10.8. The molecule has 6 atom stereocenters. The Morgan fingerprint density at radius 1 is 0.935 bits per heavy atom. The van der Waals surface area contributed by atoms with Crippen molar-refractivity contribution in [2.24, 2.45) is 39.9 Å². The third-order valence-electron chi connectivity index (χ3n) is 11.5. The van der Waals surface area contributed by atoms with Crippen LogP contribution in [0.5, 0.6) is 0 Å². The van der Waals surface area contributed by atoms with Crippen LogP contribution in [-0.4, -0.2) is 11.2 Å². The van der Waals surface area contributed by atoms with E-state index in [4.69, 9.17) is 0 Å². The van der Waals surface area contributed by atoms with Gasteiger partial charge in [0.05, 0.1) is 6.10 Å². The van der Waals surface area contributed by atoms with Crippen molar-refractivity contribution in [1.29, 1.82) is 0 Å². The number of aliphatic hydroxyl groups excluding tert-OH is 1. The predicted octanol–water partition coefficient (Wildman–Crippen LogP) is 8.23. The molecule has 0 amide bonds. The smallest absolute Gasteiger partial charge is 0.0594 e. The van der Waals surface area contributed by atoms with Gasteiger partial charge in [-0.25, -0.2) is 0 Å². The molecule has 5 aliphatic carbocycles. The summed E-state index contributed by atoms with van der Waals surface area (Å²) in [5.74, 6) is 3.35. The molecule has 2 fully saturated rings. The fourth-order valence-corrected chi connectivity index (χ4v) is 9.69. The summed E-state index contributed by atoms with van der Waals surface area (Å²) in [6.45, 7) is 12.5. The molecule has 5 rings (SSSR count). The molecule has 1 heteroatoms. The number of fused-ring (bicyclic) bond motifs is 4. The summed E-state index contributed by atoms with van der Waals surface area (Å²) in [5.41, 5.74) is 6.15. The van der Waals surface area contributed by atoms with E-state index in [0.29, 0.717) is 16.7 Å². The highest BCUT2D eigenvalue weighted by molar-refractivity contribution is 5.49. The largest absolute Gasteiger partial charge is 0.393 e. The van der Waals surface area contributed by atoms with E-state index in [1.807, 2.05) is 5.57 Å². The van der Waals surface area contributed by atoms with E-state index in [9.17, 15) is 5.11 Å². The maximum atomic E-state index is 10.8. The van der Waals surface area contributed by atoms with Crippen molar-refractivity contribution >= 4 is 0 Å². The standard InChI is InChI=1S/C30H48O/c1-20(19-21-9-7-6-8-10-21)23-12-13-24-22-11-14-26-28(2,3)27(31)16-18-30(26,5)25(22)15-17-29(23,24)4/h13,20-21,23,26-27,31H,6-12,14-19H2,1-5H3/t20-,23-,26+,27?,29-,30-/m1/s1. The van der Waals surface area contributed by atoms with Gasteiger partial charge >= 0.3 is 0 Å². The molecule has 174 valence electrons. The topological polar surface area (TPSA) is 20.2 Å². The first-order chi connectivity index (χ1) is 14.7. The van der Waals surface area contributed by atoms with E-state index < -0.39 is 0 Å². The first-order valence-electron chi connectivity index (χ1n) is 13.8. The van der Waals surface area contributed by atoms with Crippen LogP contribution in [-0.2, 0) is 0 Å². The van der Waals surface area contributed by atoms with Crippen LogP contribution in [0.4, 0.5) is 0 Å². The molecule has 0 aromatic heterocycles. The Labute approximate surface area is 192 Å². The van der Waals surface area contributed by atoms with Crippen LogP contribution in [0.2, 0.25) is 0 Å². The highest BCUT2D eigenvalue weighted by Gasteiger charge is 2.57. The Morgan fingerprint density at radius 3 is 2.42 bits per heavy atom. The van der Waals surface area contributed by atoms with E-state index in [-0.39, 0.29) is 11.5 Å². The minimum absolute atomic E-state index is 0.0490. The van der Waals surface area contributed by atoms with Crippen LogP contribution < -0.4 is 0 Å². The van der Waals surface area contributed by atoms with Crippen molar-refractivity contribution in [3.8, 4) is 0 Å². The minimum atomic E-state index is -0.128. The van der Waals surface area contributed by atoms with Gasteiger partial charge in [0, 0.05) is 0 Å². The second-order valence-corrected chi connectivity index (χ2v) is 13.4. The fourth-order valence-electron chi connectivity index (χ4n) is 9.69. The molecule has 1 nitrogen and oxygen atoms in total. The molecule has 31 heavy (non-hydrogen) atoms. The quantitative estimate of drug-likeness (QED) is 0.483. The van der Waals surface area contributed by atoms with E-state index in [2.05, 4.69) is 40.7 Å². The van der Waals surface area contributed by atoms with Gasteiger partial charge in [0.15, 0.2) is 0 Å². The third-order valence-corrected chi connectivity index (χ3v) is 11.5.